The van der Waals surface area contributed by atoms with Crippen molar-refractivity contribution in [3.05, 3.63) is 66.0 Å². The summed E-state index contributed by atoms with van der Waals surface area (Å²) in [6, 6.07) is 12.8. The maximum Gasteiger partial charge on any atom is 0.169 e. The lowest BCUT2D eigenvalue weighted by Gasteiger charge is -2.17. The quantitative estimate of drug-likeness (QED) is 0.265. The van der Waals surface area contributed by atoms with Crippen LogP contribution in [0.1, 0.15) is 35.7 Å². The summed E-state index contributed by atoms with van der Waals surface area (Å²) in [6.07, 6.45) is 6.64. The molecule has 0 saturated heterocycles. The molecule has 4 rings (SSSR count). The first kappa shape index (κ1) is 21.2. The highest BCUT2D eigenvalue weighted by Gasteiger charge is 2.32. The molecule has 0 bridgehead atoms. The van der Waals surface area contributed by atoms with Crippen LogP contribution in [-0.4, -0.2) is 34.9 Å². The number of nitrogens with one attached hydrogen (secondary N) is 3. The SMILES string of the molecule is CC=NC(=N)c1cccc(Nc2cc(Nc3ccccn3)ncc2C(=O)C2CC2)c1OC. The molecule has 0 unspecified atom stereocenters. The van der Waals surface area contributed by atoms with Crippen LogP contribution in [0, 0.1) is 11.3 Å². The Kier molecular flexibility index (Phi) is 6.21. The zero-order chi connectivity index (χ0) is 22.5. The Morgan fingerprint density at radius 3 is 2.62 bits per heavy atom. The van der Waals surface area contributed by atoms with Crippen LogP contribution in [0.25, 0.3) is 0 Å². The summed E-state index contributed by atoms with van der Waals surface area (Å²) >= 11 is 0. The smallest absolute Gasteiger partial charge is 0.169 e. The molecular weight excluding hydrogens is 404 g/mol. The number of ether oxygens (including phenoxy) is 1. The van der Waals surface area contributed by atoms with Gasteiger partial charge in [0.1, 0.15) is 11.6 Å². The van der Waals surface area contributed by atoms with Gasteiger partial charge in [0.05, 0.1) is 29.6 Å². The standard InChI is InChI=1S/C24H24N6O2/c1-3-26-24(25)16-7-6-8-18(23(16)32-2)29-19-13-21(30-20-9-4-5-12-27-20)28-14-17(19)22(31)15-10-11-15/h3-9,12-15,25H,10-11H2,1-2H3,(H2,27,28,29,30). The van der Waals surface area contributed by atoms with Crippen LogP contribution in [0.4, 0.5) is 23.0 Å². The third-order valence-electron chi connectivity index (χ3n) is 5.04. The Hall–Kier alpha value is -4.07. The molecule has 1 aromatic carbocycles. The number of para-hydroxylation sites is 1. The van der Waals surface area contributed by atoms with Crippen LogP contribution in [-0.2, 0) is 0 Å². The Bertz CT molecular complexity index is 1170. The van der Waals surface area contributed by atoms with Gasteiger partial charge in [-0.2, -0.15) is 0 Å². The number of carbonyl (C=O) groups excluding carboxylic acids is 1. The van der Waals surface area contributed by atoms with Crippen molar-refractivity contribution >= 4 is 40.8 Å². The van der Waals surface area contributed by atoms with E-state index in [2.05, 4.69) is 25.6 Å². The number of carbonyl (C=O) groups is 1. The molecule has 1 saturated carbocycles. The molecule has 1 fully saturated rings. The van der Waals surface area contributed by atoms with Crippen molar-refractivity contribution in [1.29, 1.82) is 5.41 Å². The number of pyridine rings is 2. The lowest BCUT2D eigenvalue weighted by atomic mass is 10.1. The van der Waals surface area contributed by atoms with Gasteiger partial charge in [-0.3, -0.25) is 10.2 Å². The van der Waals surface area contributed by atoms with E-state index in [1.807, 2.05) is 30.3 Å². The number of aromatic nitrogens is 2. The number of ketones is 1. The summed E-state index contributed by atoms with van der Waals surface area (Å²) in [5, 5.41) is 14.7. The molecule has 8 nitrogen and oxygen atoms in total. The number of nitrogens with zero attached hydrogens (tertiary/aromatic N) is 3. The van der Waals surface area contributed by atoms with E-state index in [1.165, 1.54) is 0 Å². The minimum absolute atomic E-state index is 0.0484. The summed E-state index contributed by atoms with van der Waals surface area (Å²) in [5.74, 6) is 1.89. The average Bonchev–Trinajstić information content (AvgIpc) is 3.65. The van der Waals surface area contributed by atoms with Gasteiger partial charge in [0.2, 0.25) is 0 Å². The molecule has 0 amide bonds. The lowest BCUT2D eigenvalue weighted by molar-refractivity contribution is 0.0968. The average molecular weight is 428 g/mol. The normalized spacial score (nSPS) is 13.1. The second kappa shape index (κ2) is 9.38. The number of anilines is 4. The van der Waals surface area contributed by atoms with Crippen molar-refractivity contribution in [3.63, 3.8) is 0 Å². The largest absolute Gasteiger partial charge is 0.494 e. The van der Waals surface area contributed by atoms with Gasteiger partial charge < -0.3 is 15.4 Å². The summed E-state index contributed by atoms with van der Waals surface area (Å²) in [4.78, 5) is 25.7. The second-order valence-corrected chi connectivity index (χ2v) is 7.34. The Morgan fingerprint density at radius 2 is 1.94 bits per heavy atom. The number of hydrogen-bond acceptors (Lipinski definition) is 7. The zero-order valence-corrected chi connectivity index (χ0v) is 17.9. The first-order chi connectivity index (χ1) is 15.6. The number of amidine groups is 1. The minimum Gasteiger partial charge on any atom is -0.494 e. The molecule has 3 aromatic rings. The topological polar surface area (TPSA) is 112 Å². The van der Waals surface area contributed by atoms with Crippen LogP contribution < -0.4 is 15.4 Å². The van der Waals surface area contributed by atoms with Gasteiger partial charge >= 0.3 is 0 Å². The molecule has 2 aromatic heterocycles. The number of Topliss-reactive ketones (excluding diaryl/α,β-unsaturated/α-hetero) is 1. The van der Waals surface area contributed by atoms with E-state index in [-0.39, 0.29) is 17.5 Å². The lowest BCUT2D eigenvalue weighted by Crippen LogP contribution is -2.09. The molecule has 1 aliphatic carbocycles. The highest BCUT2D eigenvalue weighted by atomic mass is 16.5. The van der Waals surface area contributed by atoms with E-state index in [1.54, 1.807) is 44.8 Å². The number of methoxy groups -OCH3 is 1. The monoisotopic (exact) mass is 428 g/mol. The van der Waals surface area contributed by atoms with Gasteiger partial charge in [0.15, 0.2) is 17.4 Å². The molecule has 0 atom stereocenters. The first-order valence-electron chi connectivity index (χ1n) is 10.3. The van der Waals surface area contributed by atoms with E-state index < -0.39 is 0 Å². The van der Waals surface area contributed by atoms with Crippen LogP contribution in [0.3, 0.4) is 0 Å². The predicted octanol–water partition coefficient (Wildman–Crippen LogP) is 4.98. The molecule has 0 radical (unpaired) electrons. The van der Waals surface area contributed by atoms with E-state index in [9.17, 15) is 4.79 Å². The highest BCUT2D eigenvalue weighted by Crippen LogP contribution is 2.38. The maximum atomic E-state index is 12.9. The molecule has 0 spiro atoms. The predicted molar refractivity (Wildman–Crippen MR) is 126 cm³/mol. The van der Waals surface area contributed by atoms with Gasteiger partial charge in [-0.15, -0.1) is 0 Å². The summed E-state index contributed by atoms with van der Waals surface area (Å²) < 4.78 is 5.60. The van der Waals surface area contributed by atoms with Gasteiger partial charge in [-0.25, -0.2) is 15.0 Å². The number of hydrogen-bond donors (Lipinski definition) is 3. The molecular formula is C24H24N6O2. The highest BCUT2D eigenvalue weighted by molar-refractivity contribution is 6.06. The van der Waals surface area contributed by atoms with Gasteiger partial charge in [0, 0.05) is 30.6 Å². The Balaban J connectivity index is 1.72. The van der Waals surface area contributed by atoms with Crippen LogP contribution >= 0.6 is 0 Å². The van der Waals surface area contributed by atoms with Crippen LogP contribution in [0.2, 0.25) is 0 Å². The fraction of sp³-hybridized carbons (Fsp3) is 0.208. The van der Waals surface area contributed by atoms with E-state index in [0.717, 1.165) is 12.8 Å². The van der Waals surface area contributed by atoms with Gasteiger partial charge in [-0.05, 0) is 44.0 Å². The third kappa shape index (κ3) is 4.64. The zero-order valence-electron chi connectivity index (χ0n) is 17.9. The van der Waals surface area contributed by atoms with Crippen LogP contribution in [0.15, 0.2) is 59.9 Å². The summed E-state index contributed by atoms with van der Waals surface area (Å²) in [5.41, 5.74) is 2.30. The van der Waals surface area contributed by atoms with Crippen molar-refractivity contribution < 1.29 is 9.53 Å². The molecule has 3 N–H and O–H groups in total. The molecule has 1 aliphatic rings. The summed E-state index contributed by atoms with van der Waals surface area (Å²) in [7, 11) is 1.55. The number of rotatable bonds is 8. The van der Waals surface area contributed by atoms with E-state index in [4.69, 9.17) is 10.1 Å². The first-order valence-corrected chi connectivity index (χ1v) is 10.3. The number of aliphatic imine (C=N–C) groups is 1. The van der Waals surface area contributed by atoms with Crippen molar-refractivity contribution in [2.45, 2.75) is 19.8 Å². The fourth-order valence-electron chi connectivity index (χ4n) is 3.34. The van der Waals surface area contributed by atoms with E-state index >= 15 is 0 Å². The fourth-order valence-corrected chi connectivity index (χ4v) is 3.34. The second-order valence-electron chi connectivity index (χ2n) is 7.34. The van der Waals surface area contributed by atoms with Crippen molar-refractivity contribution in [2.75, 3.05) is 17.7 Å². The van der Waals surface area contributed by atoms with Crippen molar-refractivity contribution in [3.8, 4) is 5.75 Å². The Labute approximate surface area is 186 Å². The van der Waals surface area contributed by atoms with Gasteiger partial charge in [0.25, 0.3) is 0 Å². The van der Waals surface area contributed by atoms with Crippen molar-refractivity contribution in [1.82, 2.24) is 9.97 Å². The molecule has 2 heterocycles. The Morgan fingerprint density at radius 1 is 1.09 bits per heavy atom. The van der Waals surface area contributed by atoms with Crippen molar-refractivity contribution in [2.24, 2.45) is 10.9 Å². The molecule has 8 heteroatoms. The summed E-state index contributed by atoms with van der Waals surface area (Å²) in [6.45, 7) is 1.76. The third-order valence-corrected chi connectivity index (χ3v) is 5.04. The maximum absolute atomic E-state index is 12.9. The molecule has 162 valence electrons. The number of benzene rings is 1. The van der Waals surface area contributed by atoms with Gasteiger partial charge in [-0.1, -0.05) is 12.1 Å². The molecule has 0 aliphatic heterocycles. The molecule has 32 heavy (non-hydrogen) atoms. The van der Waals surface area contributed by atoms with Crippen LogP contribution in [0.5, 0.6) is 5.75 Å². The minimum atomic E-state index is 0.0484. The van der Waals surface area contributed by atoms with E-state index in [0.29, 0.717) is 39.9 Å².